The number of hydrogen-bond donors (Lipinski definition) is 1. The van der Waals surface area contributed by atoms with Crippen molar-refractivity contribution >= 4 is 21.7 Å². The quantitative estimate of drug-likeness (QED) is 0.164. The molecule has 0 saturated heterocycles. The van der Waals surface area contributed by atoms with E-state index in [1.54, 1.807) is 24.3 Å². The third-order valence-electron chi connectivity index (χ3n) is 8.83. The van der Waals surface area contributed by atoms with Crippen LogP contribution in [0.4, 0.5) is 0 Å². The molecular weight excluding hydrogens is 599 g/mol. The minimum atomic E-state index is -3.90. The Labute approximate surface area is 278 Å². The highest BCUT2D eigenvalue weighted by atomic mass is 32.2. The van der Waals surface area contributed by atoms with E-state index in [1.165, 1.54) is 4.31 Å². The summed E-state index contributed by atoms with van der Waals surface area (Å²) in [6, 6.07) is 45.0. The fourth-order valence-electron chi connectivity index (χ4n) is 6.47. The Balaban J connectivity index is 1.44. The number of hydrogen-bond acceptors (Lipinski definition) is 3. The Hall–Kier alpha value is -4.81. The number of aliphatic hydroxyl groups is 1. The molecule has 0 fully saturated rings. The van der Waals surface area contributed by atoms with Gasteiger partial charge in [-0.15, -0.1) is 0 Å². The van der Waals surface area contributed by atoms with E-state index in [0.717, 1.165) is 44.5 Å². The van der Waals surface area contributed by atoms with Crippen LogP contribution in [0.2, 0.25) is 0 Å². The molecule has 0 radical (unpaired) electrons. The van der Waals surface area contributed by atoms with Crippen molar-refractivity contribution in [2.24, 2.45) is 0 Å². The van der Waals surface area contributed by atoms with E-state index in [-0.39, 0.29) is 18.0 Å². The summed E-state index contributed by atoms with van der Waals surface area (Å²) in [4.78, 5) is 0.206. The van der Waals surface area contributed by atoms with Crippen molar-refractivity contribution in [1.29, 1.82) is 0 Å². The minimum absolute atomic E-state index is 0.136. The Morgan fingerprint density at radius 3 is 1.94 bits per heavy atom. The van der Waals surface area contributed by atoms with Crippen LogP contribution in [-0.2, 0) is 15.6 Å². The molecule has 1 heterocycles. The maximum Gasteiger partial charge on any atom is 0.243 e. The van der Waals surface area contributed by atoms with Crippen LogP contribution in [0.5, 0.6) is 0 Å². The summed E-state index contributed by atoms with van der Waals surface area (Å²) < 4.78 is 29.4. The number of benzene rings is 5. The SMILES string of the molecule is C=C(C/C(=C\c1ccccc1)c1ccccc1)C1=C(C)CN(S(=O)(=O)c2ccc(C)cc2)C[C@@]1(O)c1ccc(-c2ccccc2)cc1. The molecule has 1 aliphatic heterocycles. The van der Waals surface area contributed by atoms with Gasteiger partial charge in [0.25, 0.3) is 0 Å². The third kappa shape index (κ3) is 6.84. The predicted molar refractivity (Wildman–Crippen MR) is 193 cm³/mol. The van der Waals surface area contributed by atoms with E-state index >= 15 is 0 Å². The van der Waals surface area contributed by atoms with Crippen molar-refractivity contribution in [3.05, 3.63) is 185 Å². The van der Waals surface area contributed by atoms with E-state index in [2.05, 4.69) is 36.9 Å². The van der Waals surface area contributed by atoms with Gasteiger partial charge in [-0.05, 0) is 76.9 Å². The molecule has 0 amide bonds. The lowest BCUT2D eigenvalue weighted by Crippen LogP contribution is -2.50. The molecule has 0 saturated carbocycles. The van der Waals surface area contributed by atoms with Crippen LogP contribution < -0.4 is 0 Å². The fraction of sp³-hybridized carbons (Fsp3) is 0.143. The summed E-state index contributed by atoms with van der Waals surface area (Å²) in [6.07, 6.45) is 2.63. The number of sulfonamides is 1. The Morgan fingerprint density at radius 2 is 1.32 bits per heavy atom. The van der Waals surface area contributed by atoms with Crippen molar-refractivity contribution in [2.75, 3.05) is 13.1 Å². The molecule has 0 bridgehead atoms. The Bertz CT molecular complexity index is 2030. The lowest BCUT2D eigenvalue weighted by molar-refractivity contribution is 0.0486. The van der Waals surface area contributed by atoms with Gasteiger partial charge in [-0.2, -0.15) is 4.31 Å². The zero-order chi connectivity index (χ0) is 33.0. The van der Waals surface area contributed by atoms with E-state index in [1.807, 2.05) is 105 Å². The smallest absolute Gasteiger partial charge is 0.243 e. The Kier molecular flexibility index (Phi) is 9.24. The van der Waals surface area contributed by atoms with Crippen LogP contribution in [0.1, 0.15) is 35.6 Å². The molecule has 0 aromatic heterocycles. The maximum absolute atomic E-state index is 14.0. The van der Waals surface area contributed by atoms with Crippen molar-refractivity contribution in [1.82, 2.24) is 4.31 Å². The normalized spacial score (nSPS) is 17.5. The third-order valence-corrected chi connectivity index (χ3v) is 10.6. The zero-order valence-corrected chi connectivity index (χ0v) is 27.6. The summed E-state index contributed by atoms with van der Waals surface area (Å²) in [6.45, 7) is 8.40. The van der Waals surface area contributed by atoms with Gasteiger partial charge in [-0.25, -0.2) is 8.42 Å². The van der Waals surface area contributed by atoms with Crippen LogP contribution in [0.25, 0.3) is 22.8 Å². The first-order valence-corrected chi connectivity index (χ1v) is 17.2. The molecule has 6 rings (SSSR count). The summed E-state index contributed by atoms with van der Waals surface area (Å²) in [7, 11) is -3.90. The second-order valence-electron chi connectivity index (χ2n) is 12.3. The molecule has 4 nitrogen and oxygen atoms in total. The van der Waals surface area contributed by atoms with Crippen LogP contribution in [-0.4, -0.2) is 30.9 Å². The molecule has 5 heteroatoms. The topological polar surface area (TPSA) is 57.6 Å². The number of nitrogens with zero attached hydrogens (tertiary/aromatic N) is 1. The molecule has 47 heavy (non-hydrogen) atoms. The second kappa shape index (κ2) is 13.5. The maximum atomic E-state index is 14.0. The van der Waals surface area contributed by atoms with Gasteiger partial charge in [0.15, 0.2) is 0 Å². The van der Waals surface area contributed by atoms with Crippen LogP contribution in [0.3, 0.4) is 0 Å². The molecule has 5 aromatic carbocycles. The van der Waals surface area contributed by atoms with Gasteiger partial charge in [0.1, 0.15) is 5.60 Å². The van der Waals surface area contributed by atoms with Crippen LogP contribution >= 0.6 is 0 Å². The molecule has 0 spiro atoms. The van der Waals surface area contributed by atoms with Gasteiger partial charge in [0.05, 0.1) is 11.4 Å². The van der Waals surface area contributed by atoms with Crippen LogP contribution in [0.15, 0.2) is 168 Å². The molecule has 1 atom stereocenters. The standard InChI is InChI=1S/C42H39NO3S/c1-31-19-25-40(26-20-31)47(45,46)43-29-33(3)41(42(44,30-43)39-23-21-37(22-24-39)35-15-9-5-10-16-35)32(2)27-38(36-17-11-6-12-18-36)28-34-13-7-4-8-14-34/h4-26,28,44H,2,27,29-30H2,1,3H3/b38-28+/t42-/m1/s1. The Morgan fingerprint density at radius 1 is 0.766 bits per heavy atom. The van der Waals surface area contributed by atoms with Gasteiger partial charge in [-0.1, -0.05) is 151 Å². The average Bonchev–Trinajstić information content (AvgIpc) is 3.09. The first-order valence-electron chi connectivity index (χ1n) is 15.8. The largest absolute Gasteiger partial charge is 0.379 e. The van der Waals surface area contributed by atoms with E-state index in [0.29, 0.717) is 17.6 Å². The first kappa shape index (κ1) is 32.1. The monoisotopic (exact) mass is 637 g/mol. The van der Waals surface area contributed by atoms with Crippen LogP contribution in [0, 0.1) is 6.92 Å². The zero-order valence-electron chi connectivity index (χ0n) is 26.8. The average molecular weight is 638 g/mol. The van der Waals surface area contributed by atoms with Gasteiger partial charge >= 0.3 is 0 Å². The summed E-state index contributed by atoms with van der Waals surface area (Å²) in [5, 5.41) is 12.9. The number of aryl methyl sites for hydroxylation is 1. The molecule has 1 aliphatic rings. The van der Waals surface area contributed by atoms with Crippen molar-refractivity contribution < 1.29 is 13.5 Å². The highest BCUT2D eigenvalue weighted by molar-refractivity contribution is 7.89. The summed E-state index contributed by atoms with van der Waals surface area (Å²) in [5.41, 5.74) is 7.39. The number of β-amino-alcohol motifs (C(OH)–C–C–N with tert-alkyl or cyclic N) is 1. The van der Waals surface area contributed by atoms with Gasteiger partial charge in [0.2, 0.25) is 10.0 Å². The second-order valence-corrected chi connectivity index (χ2v) is 14.2. The van der Waals surface area contributed by atoms with Gasteiger partial charge in [0, 0.05) is 6.54 Å². The van der Waals surface area contributed by atoms with E-state index in [9.17, 15) is 13.5 Å². The lowest BCUT2D eigenvalue weighted by atomic mass is 9.76. The fourth-order valence-corrected chi connectivity index (χ4v) is 7.97. The van der Waals surface area contributed by atoms with Crippen molar-refractivity contribution in [3.8, 4) is 11.1 Å². The van der Waals surface area contributed by atoms with Crippen molar-refractivity contribution in [3.63, 3.8) is 0 Å². The first-order chi connectivity index (χ1) is 22.6. The number of allylic oxidation sites excluding steroid dienone is 1. The van der Waals surface area contributed by atoms with Gasteiger partial charge < -0.3 is 5.11 Å². The molecule has 236 valence electrons. The molecule has 0 unspecified atom stereocenters. The molecular formula is C42H39NO3S. The van der Waals surface area contributed by atoms with Gasteiger partial charge in [-0.3, -0.25) is 0 Å². The molecule has 5 aromatic rings. The highest BCUT2D eigenvalue weighted by Crippen LogP contribution is 2.44. The van der Waals surface area contributed by atoms with Crippen molar-refractivity contribution in [2.45, 2.75) is 30.8 Å². The lowest BCUT2D eigenvalue weighted by Gasteiger charge is -2.42. The predicted octanol–water partition coefficient (Wildman–Crippen LogP) is 9.06. The molecule has 1 N–H and O–H groups in total. The summed E-state index contributed by atoms with van der Waals surface area (Å²) in [5.74, 6) is 0. The highest BCUT2D eigenvalue weighted by Gasteiger charge is 2.45. The molecule has 0 aliphatic carbocycles. The summed E-state index contributed by atoms with van der Waals surface area (Å²) >= 11 is 0. The minimum Gasteiger partial charge on any atom is -0.379 e. The number of rotatable bonds is 9. The van der Waals surface area contributed by atoms with E-state index in [4.69, 9.17) is 0 Å². The van der Waals surface area contributed by atoms with E-state index < -0.39 is 15.6 Å².